The molecule has 3 rings (SSSR count). The lowest BCUT2D eigenvalue weighted by atomic mass is 10.1. The number of hydrazone groups is 1. The van der Waals surface area contributed by atoms with Crippen LogP contribution in [0.3, 0.4) is 0 Å². The van der Waals surface area contributed by atoms with Crippen LogP contribution in [0, 0.1) is 0 Å². The van der Waals surface area contributed by atoms with Crippen molar-refractivity contribution in [1.82, 2.24) is 9.73 Å². The lowest BCUT2D eigenvalue weighted by Gasteiger charge is -2.26. The number of morpholine rings is 1. The first-order chi connectivity index (χ1) is 14.4. The zero-order valence-corrected chi connectivity index (χ0v) is 18.4. The number of sulfonamides is 1. The summed E-state index contributed by atoms with van der Waals surface area (Å²) in [5.41, 5.74) is 3.81. The maximum absolute atomic E-state index is 12.6. The second-order valence-electron chi connectivity index (χ2n) is 6.59. The van der Waals surface area contributed by atoms with E-state index in [0.29, 0.717) is 48.3 Å². The number of hydrogen-bond acceptors (Lipinski definition) is 5. The molecule has 2 aromatic rings. The molecule has 0 saturated carbocycles. The molecule has 0 atom stereocenters. The molecule has 0 aromatic heterocycles. The first kappa shape index (κ1) is 22.7. The van der Waals surface area contributed by atoms with Gasteiger partial charge < -0.3 is 4.74 Å². The lowest BCUT2D eigenvalue weighted by molar-refractivity contribution is -0.121. The van der Waals surface area contributed by atoms with Crippen LogP contribution < -0.4 is 5.43 Å². The summed E-state index contributed by atoms with van der Waals surface area (Å²) in [6.45, 7) is 1.50. The normalized spacial score (nSPS) is 15.4. The molecule has 2 aromatic carbocycles. The van der Waals surface area contributed by atoms with Gasteiger partial charge in [-0.05, 0) is 36.2 Å². The van der Waals surface area contributed by atoms with E-state index in [1.54, 1.807) is 42.5 Å². The number of nitrogens with zero attached hydrogens (tertiary/aromatic N) is 2. The van der Waals surface area contributed by atoms with Gasteiger partial charge in [-0.1, -0.05) is 41.4 Å². The SMILES string of the molecule is O=C(CCc1ccc(S(=O)(=O)N2CCOCC2)cc1)N/N=C/c1c(Cl)cccc1Cl. The van der Waals surface area contributed by atoms with Gasteiger partial charge in [0.25, 0.3) is 0 Å². The summed E-state index contributed by atoms with van der Waals surface area (Å²) >= 11 is 12.1. The molecule has 1 fully saturated rings. The van der Waals surface area contributed by atoms with Crippen LogP contribution in [0.15, 0.2) is 52.5 Å². The van der Waals surface area contributed by atoms with E-state index < -0.39 is 10.0 Å². The number of nitrogens with one attached hydrogen (secondary N) is 1. The lowest BCUT2D eigenvalue weighted by Crippen LogP contribution is -2.40. The van der Waals surface area contributed by atoms with Gasteiger partial charge in [-0.2, -0.15) is 9.41 Å². The third kappa shape index (κ3) is 5.80. The van der Waals surface area contributed by atoms with Crippen molar-refractivity contribution in [2.45, 2.75) is 17.7 Å². The fourth-order valence-corrected chi connectivity index (χ4v) is 4.78. The van der Waals surface area contributed by atoms with E-state index in [2.05, 4.69) is 10.5 Å². The van der Waals surface area contributed by atoms with E-state index in [1.807, 2.05) is 0 Å². The second-order valence-corrected chi connectivity index (χ2v) is 9.34. The Morgan fingerprint density at radius 3 is 2.37 bits per heavy atom. The maximum atomic E-state index is 12.6. The Balaban J connectivity index is 1.52. The van der Waals surface area contributed by atoms with E-state index in [9.17, 15) is 13.2 Å². The summed E-state index contributed by atoms with van der Waals surface area (Å²) in [4.78, 5) is 12.2. The van der Waals surface area contributed by atoms with Crippen LogP contribution in [0.4, 0.5) is 0 Å². The predicted octanol–water partition coefficient (Wildman–Crippen LogP) is 3.10. The van der Waals surface area contributed by atoms with Crippen molar-refractivity contribution in [2.24, 2.45) is 5.10 Å². The highest BCUT2D eigenvalue weighted by molar-refractivity contribution is 7.89. The van der Waals surface area contributed by atoms with Crippen LogP contribution in [0.1, 0.15) is 17.5 Å². The molecule has 1 heterocycles. The van der Waals surface area contributed by atoms with Gasteiger partial charge in [-0.3, -0.25) is 4.79 Å². The summed E-state index contributed by atoms with van der Waals surface area (Å²) in [5.74, 6) is -0.278. The number of rotatable bonds is 7. The molecular formula is C20H21Cl2N3O4S. The van der Waals surface area contributed by atoms with Crippen LogP contribution in [-0.2, 0) is 26.0 Å². The highest BCUT2D eigenvalue weighted by Gasteiger charge is 2.26. The highest BCUT2D eigenvalue weighted by atomic mass is 35.5. The number of carbonyl (C=O) groups excluding carboxylic acids is 1. The summed E-state index contributed by atoms with van der Waals surface area (Å²) in [7, 11) is -3.52. The Morgan fingerprint density at radius 2 is 1.73 bits per heavy atom. The monoisotopic (exact) mass is 469 g/mol. The van der Waals surface area contributed by atoms with Crippen LogP contribution in [0.5, 0.6) is 0 Å². The van der Waals surface area contributed by atoms with Crippen molar-refractivity contribution in [2.75, 3.05) is 26.3 Å². The maximum Gasteiger partial charge on any atom is 0.243 e. The van der Waals surface area contributed by atoms with Crippen molar-refractivity contribution in [3.63, 3.8) is 0 Å². The molecule has 0 aliphatic carbocycles. The average Bonchev–Trinajstić information content (AvgIpc) is 2.75. The van der Waals surface area contributed by atoms with Gasteiger partial charge in [-0.15, -0.1) is 0 Å². The molecule has 1 saturated heterocycles. The Morgan fingerprint density at radius 1 is 1.10 bits per heavy atom. The molecule has 7 nitrogen and oxygen atoms in total. The fraction of sp³-hybridized carbons (Fsp3) is 0.300. The van der Waals surface area contributed by atoms with Crippen molar-refractivity contribution in [1.29, 1.82) is 0 Å². The molecule has 0 bridgehead atoms. The van der Waals surface area contributed by atoms with Crippen LogP contribution in [0.2, 0.25) is 10.0 Å². The van der Waals surface area contributed by atoms with Gasteiger partial charge in [-0.25, -0.2) is 13.8 Å². The van der Waals surface area contributed by atoms with Gasteiger partial charge in [0.05, 0.1) is 34.4 Å². The van der Waals surface area contributed by atoms with Crippen molar-refractivity contribution in [3.05, 3.63) is 63.6 Å². The van der Waals surface area contributed by atoms with Gasteiger partial charge >= 0.3 is 0 Å². The number of halogens is 2. The number of amides is 1. The van der Waals surface area contributed by atoms with E-state index in [-0.39, 0.29) is 17.2 Å². The summed E-state index contributed by atoms with van der Waals surface area (Å²) in [6, 6.07) is 11.6. The molecule has 1 N–H and O–H groups in total. The number of aryl methyl sites for hydroxylation is 1. The topological polar surface area (TPSA) is 88.1 Å². The number of carbonyl (C=O) groups is 1. The molecule has 0 spiro atoms. The van der Waals surface area contributed by atoms with E-state index in [1.165, 1.54) is 10.5 Å². The molecule has 1 amide bonds. The zero-order valence-electron chi connectivity index (χ0n) is 16.1. The van der Waals surface area contributed by atoms with Crippen molar-refractivity contribution in [3.8, 4) is 0 Å². The third-order valence-electron chi connectivity index (χ3n) is 4.55. The molecule has 0 radical (unpaired) electrons. The standard InChI is InChI=1S/C20H21Cl2N3O4S/c21-18-2-1-3-19(22)17(18)14-23-24-20(26)9-6-15-4-7-16(8-5-15)30(27,28)25-10-12-29-13-11-25/h1-5,7-8,14H,6,9-13H2,(H,24,26)/b23-14+. The Labute approximate surface area is 185 Å². The highest BCUT2D eigenvalue weighted by Crippen LogP contribution is 2.22. The fourth-order valence-electron chi connectivity index (χ4n) is 2.88. The van der Waals surface area contributed by atoms with E-state index >= 15 is 0 Å². The van der Waals surface area contributed by atoms with Crippen LogP contribution >= 0.6 is 23.2 Å². The number of hydrogen-bond donors (Lipinski definition) is 1. The van der Waals surface area contributed by atoms with Gasteiger partial charge in [0.15, 0.2) is 0 Å². The van der Waals surface area contributed by atoms with Crippen molar-refractivity contribution >= 4 is 45.3 Å². The molecule has 0 unspecified atom stereocenters. The predicted molar refractivity (Wildman–Crippen MR) is 117 cm³/mol. The number of benzene rings is 2. The van der Waals surface area contributed by atoms with E-state index in [0.717, 1.165) is 5.56 Å². The van der Waals surface area contributed by atoms with Crippen LogP contribution in [-0.4, -0.2) is 51.1 Å². The first-order valence-electron chi connectivity index (χ1n) is 9.30. The largest absolute Gasteiger partial charge is 0.379 e. The van der Waals surface area contributed by atoms with Crippen molar-refractivity contribution < 1.29 is 17.9 Å². The molecule has 160 valence electrons. The quantitative estimate of drug-likeness (QED) is 0.498. The Bertz CT molecular complexity index is 1000. The number of ether oxygens (including phenoxy) is 1. The minimum absolute atomic E-state index is 0.198. The summed E-state index contributed by atoms with van der Waals surface area (Å²) < 4.78 is 31.9. The first-order valence-corrected chi connectivity index (χ1v) is 11.5. The molecular weight excluding hydrogens is 449 g/mol. The van der Waals surface area contributed by atoms with Crippen LogP contribution in [0.25, 0.3) is 0 Å². The molecule has 30 heavy (non-hydrogen) atoms. The third-order valence-corrected chi connectivity index (χ3v) is 7.13. The summed E-state index contributed by atoms with van der Waals surface area (Å²) in [6.07, 6.45) is 2.04. The molecule has 10 heteroatoms. The molecule has 1 aliphatic rings. The zero-order chi connectivity index (χ0) is 21.6. The summed E-state index contributed by atoms with van der Waals surface area (Å²) in [5, 5.41) is 4.76. The molecule has 1 aliphatic heterocycles. The smallest absolute Gasteiger partial charge is 0.243 e. The minimum atomic E-state index is -3.52. The Kier molecular flexibility index (Phi) is 7.85. The second kappa shape index (κ2) is 10.4. The van der Waals surface area contributed by atoms with E-state index in [4.69, 9.17) is 27.9 Å². The van der Waals surface area contributed by atoms with Gasteiger partial charge in [0, 0.05) is 25.1 Å². The Hall–Kier alpha value is -1.97. The average molecular weight is 470 g/mol. The van der Waals surface area contributed by atoms with Gasteiger partial charge in [0.2, 0.25) is 15.9 Å². The minimum Gasteiger partial charge on any atom is -0.379 e. The van der Waals surface area contributed by atoms with Gasteiger partial charge in [0.1, 0.15) is 0 Å².